The zero-order valence-corrected chi connectivity index (χ0v) is 25.4. The molecule has 47 heavy (non-hydrogen) atoms. The van der Waals surface area contributed by atoms with Crippen molar-refractivity contribution < 1.29 is 36.4 Å². The van der Waals surface area contributed by atoms with Crippen LogP contribution >= 0.6 is 11.8 Å². The second kappa shape index (κ2) is 14.6. The van der Waals surface area contributed by atoms with Crippen molar-refractivity contribution in [3.05, 3.63) is 143 Å². The maximum absolute atomic E-state index is 13.9. The van der Waals surface area contributed by atoms with Crippen LogP contribution in [0.1, 0.15) is 21.7 Å². The van der Waals surface area contributed by atoms with Crippen molar-refractivity contribution in [2.45, 2.75) is 11.8 Å². The molecular weight excluding hydrogens is 634 g/mol. The fraction of sp³-hybridized carbons (Fsp3) is 0.0571. The molecule has 0 bridgehead atoms. The lowest BCUT2D eigenvalue weighted by atomic mass is 10.1. The predicted octanol–water partition coefficient (Wildman–Crippen LogP) is 7.95. The van der Waals surface area contributed by atoms with Gasteiger partial charge in [-0.25, -0.2) is 17.6 Å². The van der Waals surface area contributed by atoms with Crippen LogP contribution in [0.15, 0.2) is 112 Å². The average molecular weight is 660 g/mol. The molecule has 5 rings (SSSR count). The summed E-state index contributed by atoms with van der Waals surface area (Å²) in [6.07, 6.45) is 1.41. The van der Waals surface area contributed by atoms with Crippen LogP contribution in [0, 0.1) is 30.2 Å². The molecule has 3 amide bonds. The number of carbonyl (C=O) groups excluding carboxylic acids is 3. The maximum atomic E-state index is 13.9. The van der Waals surface area contributed by atoms with Crippen LogP contribution in [0.5, 0.6) is 0 Å². The minimum Gasteiger partial charge on any atom is -0.457 e. The van der Waals surface area contributed by atoms with Crippen LogP contribution < -0.4 is 16.0 Å². The van der Waals surface area contributed by atoms with Gasteiger partial charge in [-0.3, -0.25) is 14.4 Å². The number of hydrogen-bond donors (Lipinski definition) is 3. The average Bonchev–Trinajstić information content (AvgIpc) is 3.54. The highest BCUT2D eigenvalue weighted by Crippen LogP contribution is 2.27. The van der Waals surface area contributed by atoms with E-state index in [2.05, 4.69) is 10.6 Å². The molecule has 0 saturated heterocycles. The molecule has 1 heterocycles. The summed E-state index contributed by atoms with van der Waals surface area (Å²) in [5.41, 5.74) is 1.31. The third-order valence-corrected chi connectivity index (χ3v) is 7.65. The second-order valence-corrected chi connectivity index (χ2v) is 11.2. The number of hydrogen-bond acceptors (Lipinski definition) is 5. The number of carbonyl (C=O) groups is 3. The number of halogens is 4. The van der Waals surface area contributed by atoms with Crippen molar-refractivity contribution in [2.24, 2.45) is 0 Å². The highest BCUT2D eigenvalue weighted by atomic mass is 32.2. The van der Waals surface area contributed by atoms with Crippen molar-refractivity contribution in [1.29, 1.82) is 0 Å². The van der Waals surface area contributed by atoms with Crippen LogP contribution in [-0.4, -0.2) is 23.5 Å². The lowest BCUT2D eigenvalue weighted by molar-refractivity contribution is -0.114. The number of rotatable bonds is 10. The van der Waals surface area contributed by atoms with E-state index in [0.29, 0.717) is 27.7 Å². The standard InChI is InChI=1S/C35H25F4N3O4S/c1-20-7-9-21(10-8-20)29-16-13-24(46-29)17-28(41-34(44)22-5-3-2-4-6-22)35(45)40-23-11-14-25(15-12-23)47-19-30(43)42-33-31(38)26(36)18-27(37)32(33)39/h2-18H,19H2,1H3,(H,40,45)(H,41,44)(H,42,43). The number of aryl methyl sites for hydroxylation is 1. The Morgan fingerprint density at radius 3 is 2.11 bits per heavy atom. The highest BCUT2D eigenvalue weighted by Gasteiger charge is 2.21. The summed E-state index contributed by atoms with van der Waals surface area (Å²) in [6.45, 7) is 1.97. The quantitative estimate of drug-likeness (QED) is 0.0612. The van der Waals surface area contributed by atoms with E-state index in [-0.39, 0.29) is 17.5 Å². The van der Waals surface area contributed by atoms with Crippen molar-refractivity contribution in [3.63, 3.8) is 0 Å². The van der Waals surface area contributed by atoms with Crippen LogP contribution in [0.2, 0.25) is 0 Å². The van der Waals surface area contributed by atoms with Gasteiger partial charge in [-0.15, -0.1) is 11.8 Å². The van der Waals surface area contributed by atoms with Gasteiger partial charge >= 0.3 is 0 Å². The third kappa shape index (κ3) is 8.35. The van der Waals surface area contributed by atoms with E-state index in [4.69, 9.17) is 4.42 Å². The lowest BCUT2D eigenvalue weighted by Crippen LogP contribution is -2.30. The van der Waals surface area contributed by atoms with Gasteiger partial charge in [0.05, 0.1) is 5.75 Å². The first-order valence-corrected chi connectivity index (χ1v) is 15.0. The normalized spacial score (nSPS) is 11.2. The SMILES string of the molecule is Cc1ccc(-c2ccc(C=C(NC(=O)c3ccccc3)C(=O)Nc3ccc(SCC(=O)Nc4c(F)c(F)cc(F)c4F)cc3)o2)cc1. The molecule has 7 nitrogen and oxygen atoms in total. The van der Waals surface area contributed by atoms with Crippen molar-refractivity contribution >= 4 is 46.9 Å². The molecule has 0 radical (unpaired) electrons. The van der Waals surface area contributed by atoms with Gasteiger partial charge in [-0.05, 0) is 55.5 Å². The van der Waals surface area contributed by atoms with E-state index in [1.807, 2.05) is 36.5 Å². The molecule has 3 N–H and O–H groups in total. The van der Waals surface area contributed by atoms with Gasteiger partial charge in [-0.2, -0.15) is 0 Å². The summed E-state index contributed by atoms with van der Waals surface area (Å²) in [5.74, 6) is -8.20. The number of benzene rings is 4. The molecular formula is C35H25F4N3O4S. The van der Waals surface area contributed by atoms with Crippen LogP contribution in [0.4, 0.5) is 28.9 Å². The van der Waals surface area contributed by atoms with Crippen molar-refractivity contribution in [3.8, 4) is 11.3 Å². The summed E-state index contributed by atoms with van der Waals surface area (Å²) >= 11 is 0.973. The number of nitrogens with one attached hydrogen (secondary N) is 3. The van der Waals surface area contributed by atoms with E-state index < -0.39 is 46.7 Å². The number of anilines is 2. The van der Waals surface area contributed by atoms with Crippen molar-refractivity contribution in [2.75, 3.05) is 16.4 Å². The molecule has 0 saturated carbocycles. The van der Waals surface area contributed by atoms with Crippen molar-refractivity contribution in [1.82, 2.24) is 5.32 Å². The zero-order chi connectivity index (χ0) is 33.5. The molecule has 0 atom stereocenters. The zero-order valence-electron chi connectivity index (χ0n) is 24.6. The smallest absolute Gasteiger partial charge is 0.272 e. The first-order valence-electron chi connectivity index (χ1n) is 14.0. The largest absolute Gasteiger partial charge is 0.457 e. The van der Waals surface area contributed by atoms with E-state index in [0.717, 1.165) is 22.9 Å². The van der Waals surface area contributed by atoms with Crippen LogP contribution in [0.3, 0.4) is 0 Å². The highest BCUT2D eigenvalue weighted by molar-refractivity contribution is 8.00. The fourth-order valence-electron chi connectivity index (χ4n) is 4.23. The van der Waals surface area contributed by atoms with E-state index in [1.54, 1.807) is 66.7 Å². The Labute approximate surface area is 270 Å². The molecule has 12 heteroatoms. The molecule has 0 aliphatic carbocycles. The summed E-state index contributed by atoms with van der Waals surface area (Å²) < 4.78 is 60.5. The van der Waals surface area contributed by atoms with Gasteiger partial charge in [0.15, 0.2) is 23.3 Å². The first-order chi connectivity index (χ1) is 22.6. The molecule has 0 fully saturated rings. The fourth-order valence-corrected chi connectivity index (χ4v) is 4.93. The topological polar surface area (TPSA) is 100 Å². The van der Waals surface area contributed by atoms with E-state index in [1.165, 1.54) is 6.08 Å². The molecule has 4 aromatic carbocycles. The van der Waals surface area contributed by atoms with Crippen LogP contribution in [0.25, 0.3) is 17.4 Å². The number of amides is 3. The summed E-state index contributed by atoms with van der Waals surface area (Å²) in [7, 11) is 0. The monoisotopic (exact) mass is 659 g/mol. The first kappa shape index (κ1) is 32.8. The minimum absolute atomic E-state index is 0.0464. The third-order valence-electron chi connectivity index (χ3n) is 6.64. The molecule has 0 aliphatic rings. The summed E-state index contributed by atoms with van der Waals surface area (Å²) in [6, 6.07) is 25.8. The van der Waals surface area contributed by atoms with Gasteiger partial charge in [0.1, 0.15) is 22.9 Å². The number of thioether (sulfide) groups is 1. The molecule has 238 valence electrons. The minimum atomic E-state index is -1.71. The van der Waals surface area contributed by atoms with Gasteiger partial charge in [-0.1, -0.05) is 48.0 Å². The van der Waals surface area contributed by atoms with Gasteiger partial charge < -0.3 is 20.4 Å². The van der Waals surface area contributed by atoms with Crippen LogP contribution in [-0.2, 0) is 9.59 Å². The summed E-state index contributed by atoms with van der Waals surface area (Å²) in [4.78, 5) is 39.1. The van der Waals surface area contributed by atoms with Gasteiger partial charge in [0.2, 0.25) is 5.91 Å². The predicted molar refractivity (Wildman–Crippen MR) is 171 cm³/mol. The maximum Gasteiger partial charge on any atom is 0.272 e. The Hall–Kier alpha value is -5.62. The molecule has 1 aromatic heterocycles. The second-order valence-electron chi connectivity index (χ2n) is 10.1. The molecule has 0 spiro atoms. The molecule has 0 aliphatic heterocycles. The Morgan fingerprint density at radius 1 is 0.787 bits per heavy atom. The lowest BCUT2D eigenvalue weighted by Gasteiger charge is -2.11. The number of furan rings is 1. The molecule has 0 unspecified atom stereocenters. The molecule has 5 aromatic rings. The summed E-state index contributed by atoms with van der Waals surface area (Å²) in [5, 5.41) is 7.19. The van der Waals surface area contributed by atoms with E-state index >= 15 is 0 Å². The Bertz CT molecular complexity index is 1940. The Balaban J connectivity index is 1.27. The Kier molecular flexibility index (Phi) is 10.2. The van der Waals surface area contributed by atoms with E-state index in [9.17, 15) is 31.9 Å². The van der Waals surface area contributed by atoms with Gasteiger partial charge in [0, 0.05) is 33.9 Å². The van der Waals surface area contributed by atoms with Gasteiger partial charge in [0.25, 0.3) is 11.8 Å². The Morgan fingerprint density at radius 2 is 1.45 bits per heavy atom.